The van der Waals surface area contributed by atoms with Crippen molar-refractivity contribution in [1.82, 2.24) is 9.80 Å². The van der Waals surface area contributed by atoms with Gasteiger partial charge in [0.2, 0.25) is 0 Å². The molecule has 0 atom stereocenters. The molecule has 0 bridgehead atoms. The number of benzene rings is 1. The van der Waals surface area contributed by atoms with Crippen LogP contribution in [-0.2, 0) is 6.54 Å². The molecule has 0 amide bonds. The third kappa shape index (κ3) is 3.66. The van der Waals surface area contributed by atoms with E-state index in [9.17, 15) is 4.79 Å². The molecule has 0 unspecified atom stereocenters. The van der Waals surface area contributed by atoms with E-state index in [2.05, 4.69) is 23.4 Å². The van der Waals surface area contributed by atoms with Gasteiger partial charge in [0.25, 0.3) is 0 Å². The number of carbonyl (C=O) groups excluding carboxylic acids is 1. The van der Waals surface area contributed by atoms with Crippen LogP contribution in [0.5, 0.6) is 0 Å². The monoisotopic (exact) mass is 278 g/mol. The van der Waals surface area contributed by atoms with Crippen molar-refractivity contribution >= 4 is 17.4 Å². The summed E-state index contributed by atoms with van der Waals surface area (Å²) in [5, 5.41) is 0.671. The first-order valence-electron chi connectivity index (χ1n) is 6.46. The summed E-state index contributed by atoms with van der Waals surface area (Å²) in [4.78, 5) is 16.5. The molecule has 3 nitrogen and oxygen atoms in total. The fourth-order valence-corrected chi connectivity index (χ4v) is 2.49. The van der Waals surface area contributed by atoms with Crippen molar-refractivity contribution in [3.8, 4) is 0 Å². The Morgan fingerprint density at radius 3 is 2.68 bits per heavy atom. The van der Waals surface area contributed by atoms with Crippen molar-refractivity contribution in [3.63, 3.8) is 0 Å². The number of likely N-dealkylation sites (N-methyl/N-ethyl adjacent to an activating group) is 1. The van der Waals surface area contributed by atoms with E-state index in [1.807, 2.05) is 6.07 Å². The van der Waals surface area contributed by atoms with Gasteiger partial charge in [-0.25, -0.2) is 0 Å². The fraction of sp³-hybridized carbons (Fsp3) is 0.400. The Labute approximate surface area is 119 Å². The summed E-state index contributed by atoms with van der Waals surface area (Å²) in [6.45, 7) is 8.48. The molecule has 0 aromatic heterocycles. The van der Waals surface area contributed by atoms with Crippen LogP contribution in [0.15, 0.2) is 30.9 Å². The summed E-state index contributed by atoms with van der Waals surface area (Å²) < 4.78 is 0. The molecule has 102 valence electrons. The highest BCUT2D eigenvalue weighted by atomic mass is 35.5. The molecule has 0 spiro atoms. The molecule has 0 radical (unpaired) electrons. The topological polar surface area (TPSA) is 23.6 Å². The summed E-state index contributed by atoms with van der Waals surface area (Å²) in [5.41, 5.74) is 1.69. The van der Waals surface area contributed by atoms with E-state index in [0.717, 1.165) is 38.3 Å². The third-order valence-corrected chi connectivity index (χ3v) is 3.74. The van der Waals surface area contributed by atoms with Crippen LogP contribution in [0.1, 0.15) is 15.9 Å². The van der Waals surface area contributed by atoms with E-state index in [-0.39, 0.29) is 5.78 Å². The quantitative estimate of drug-likeness (QED) is 0.624. The number of nitrogens with zero attached hydrogens (tertiary/aromatic N) is 2. The number of ketones is 1. The molecule has 0 N–H and O–H groups in total. The summed E-state index contributed by atoms with van der Waals surface area (Å²) >= 11 is 6.04. The van der Waals surface area contributed by atoms with Gasteiger partial charge in [-0.2, -0.15) is 0 Å². The Balaban J connectivity index is 2.16. The summed E-state index contributed by atoms with van der Waals surface area (Å²) in [6.07, 6.45) is 1.36. The Kier molecular flexibility index (Phi) is 4.75. The number of halogens is 1. The Bertz CT molecular complexity index is 479. The Hall–Kier alpha value is -1.16. The Morgan fingerprint density at radius 2 is 2.05 bits per heavy atom. The van der Waals surface area contributed by atoms with Gasteiger partial charge in [0.15, 0.2) is 5.78 Å². The van der Waals surface area contributed by atoms with Crippen molar-refractivity contribution in [2.75, 3.05) is 33.2 Å². The van der Waals surface area contributed by atoms with E-state index in [1.54, 1.807) is 12.1 Å². The standard InChI is InChI=1S/C15H19ClN2O/c1-3-15(19)14-5-4-13(16)10-12(14)11-18-8-6-17(2)7-9-18/h3-5,10H,1,6-9,11H2,2H3. The fourth-order valence-electron chi connectivity index (χ4n) is 2.29. The van der Waals surface area contributed by atoms with E-state index in [1.165, 1.54) is 6.08 Å². The van der Waals surface area contributed by atoms with Crippen LogP contribution in [-0.4, -0.2) is 48.8 Å². The lowest BCUT2D eigenvalue weighted by Gasteiger charge is -2.32. The largest absolute Gasteiger partial charge is 0.304 e. The van der Waals surface area contributed by atoms with Gasteiger partial charge < -0.3 is 4.90 Å². The summed E-state index contributed by atoms with van der Waals surface area (Å²) in [7, 11) is 2.13. The molecular weight excluding hydrogens is 260 g/mol. The van der Waals surface area contributed by atoms with E-state index >= 15 is 0 Å². The van der Waals surface area contributed by atoms with E-state index in [4.69, 9.17) is 11.6 Å². The molecule has 0 aliphatic carbocycles. The molecule has 1 heterocycles. The van der Waals surface area contributed by atoms with Crippen molar-refractivity contribution in [2.45, 2.75) is 6.54 Å². The van der Waals surface area contributed by atoms with Crippen molar-refractivity contribution in [3.05, 3.63) is 47.0 Å². The molecular formula is C15H19ClN2O. The lowest BCUT2D eigenvalue weighted by molar-refractivity contribution is 0.104. The van der Waals surface area contributed by atoms with Crippen LogP contribution in [0.2, 0.25) is 5.02 Å². The second-order valence-corrected chi connectivity index (χ2v) is 5.39. The molecule has 19 heavy (non-hydrogen) atoms. The van der Waals surface area contributed by atoms with Gasteiger partial charge in [-0.3, -0.25) is 9.69 Å². The van der Waals surface area contributed by atoms with Crippen LogP contribution in [0, 0.1) is 0 Å². The molecule has 1 aromatic rings. The molecule has 0 saturated carbocycles. The van der Waals surface area contributed by atoms with Crippen LogP contribution >= 0.6 is 11.6 Å². The Morgan fingerprint density at radius 1 is 1.37 bits per heavy atom. The van der Waals surface area contributed by atoms with Gasteiger partial charge >= 0.3 is 0 Å². The predicted molar refractivity (Wildman–Crippen MR) is 78.8 cm³/mol. The molecule has 1 aliphatic heterocycles. The van der Waals surface area contributed by atoms with Gasteiger partial charge in [0.1, 0.15) is 0 Å². The molecule has 2 rings (SSSR count). The van der Waals surface area contributed by atoms with Crippen molar-refractivity contribution < 1.29 is 4.79 Å². The second-order valence-electron chi connectivity index (χ2n) is 4.95. The highest BCUT2D eigenvalue weighted by Gasteiger charge is 2.17. The number of piperazine rings is 1. The number of carbonyl (C=O) groups is 1. The summed E-state index contributed by atoms with van der Waals surface area (Å²) in [5.74, 6) is -0.0409. The molecule has 1 aromatic carbocycles. The molecule has 1 fully saturated rings. The average molecular weight is 279 g/mol. The molecule has 1 aliphatic rings. The van der Waals surface area contributed by atoms with Crippen LogP contribution < -0.4 is 0 Å². The number of allylic oxidation sites excluding steroid dienone is 1. The minimum atomic E-state index is -0.0409. The SMILES string of the molecule is C=CC(=O)c1ccc(Cl)cc1CN1CCN(C)CC1. The minimum absolute atomic E-state index is 0.0409. The first-order chi connectivity index (χ1) is 9.10. The maximum Gasteiger partial charge on any atom is 0.185 e. The van der Waals surface area contributed by atoms with Gasteiger partial charge in [-0.1, -0.05) is 18.2 Å². The van der Waals surface area contributed by atoms with E-state index < -0.39 is 0 Å². The molecule has 1 saturated heterocycles. The zero-order valence-corrected chi connectivity index (χ0v) is 12.0. The summed E-state index contributed by atoms with van der Waals surface area (Å²) in [6, 6.07) is 5.43. The average Bonchev–Trinajstić information content (AvgIpc) is 2.41. The highest BCUT2D eigenvalue weighted by Crippen LogP contribution is 2.19. The van der Waals surface area contributed by atoms with Crippen molar-refractivity contribution in [2.24, 2.45) is 0 Å². The third-order valence-electron chi connectivity index (χ3n) is 3.51. The zero-order chi connectivity index (χ0) is 13.8. The number of hydrogen-bond donors (Lipinski definition) is 0. The highest BCUT2D eigenvalue weighted by molar-refractivity contribution is 6.30. The van der Waals surface area contributed by atoms with Crippen molar-refractivity contribution in [1.29, 1.82) is 0 Å². The van der Waals surface area contributed by atoms with Crippen LogP contribution in [0.4, 0.5) is 0 Å². The maximum absolute atomic E-state index is 11.9. The first-order valence-corrected chi connectivity index (χ1v) is 6.84. The minimum Gasteiger partial charge on any atom is -0.304 e. The second kappa shape index (κ2) is 6.33. The van der Waals surface area contributed by atoms with Gasteiger partial charge in [0, 0.05) is 43.3 Å². The smallest absolute Gasteiger partial charge is 0.185 e. The van der Waals surface area contributed by atoms with E-state index in [0.29, 0.717) is 10.6 Å². The maximum atomic E-state index is 11.9. The van der Waals surface area contributed by atoms with Crippen LogP contribution in [0.3, 0.4) is 0 Å². The first kappa shape index (κ1) is 14.3. The lowest BCUT2D eigenvalue weighted by Crippen LogP contribution is -2.44. The van der Waals surface area contributed by atoms with Gasteiger partial charge in [-0.05, 0) is 36.9 Å². The van der Waals surface area contributed by atoms with Crippen LogP contribution in [0.25, 0.3) is 0 Å². The van der Waals surface area contributed by atoms with Gasteiger partial charge in [-0.15, -0.1) is 0 Å². The normalized spacial score (nSPS) is 17.4. The molecule has 4 heteroatoms. The number of rotatable bonds is 4. The predicted octanol–water partition coefficient (Wildman–Crippen LogP) is 2.46. The zero-order valence-electron chi connectivity index (χ0n) is 11.2. The lowest BCUT2D eigenvalue weighted by atomic mass is 10.0. The number of hydrogen-bond acceptors (Lipinski definition) is 3. The van der Waals surface area contributed by atoms with Gasteiger partial charge in [0.05, 0.1) is 0 Å².